The average molecular weight is 512 g/mol. The molecule has 3 rings (SSSR count). The van der Waals surface area contributed by atoms with Crippen LogP contribution in [0.3, 0.4) is 0 Å². The molecule has 0 atom stereocenters. The van der Waals surface area contributed by atoms with Gasteiger partial charge in [0.25, 0.3) is 0 Å². The maximum absolute atomic E-state index is 5.98. The highest BCUT2D eigenvalue weighted by Crippen LogP contribution is 2.35. The maximum Gasteiger partial charge on any atom is 0.148 e. The van der Waals surface area contributed by atoms with Crippen molar-refractivity contribution in [2.45, 2.75) is 26.6 Å². The first-order valence-corrected chi connectivity index (χ1v) is 10.1. The van der Waals surface area contributed by atoms with Crippen LogP contribution in [0.15, 0.2) is 75.7 Å². The lowest BCUT2D eigenvalue weighted by atomic mass is 10.1. The van der Waals surface area contributed by atoms with Crippen molar-refractivity contribution in [1.82, 2.24) is 5.32 Å². The summed E-state index contributed by atoms with van der Waals surface area (Å²) in [6.07, 6.45) is 0. The van der Waals surface area contributed by atoms with Crippen LogP contribution in [0.4, 0.5) is 0 Å². The lowest BCUT2D eigenvalue weighted by Crippen LogP contribution is -2.12. The zero-order valence-corrected chi connectivity index (χ0v) is 19.0. The van der Waals surface area contributed by atoms with Crippen molar-refractivity contribution >= 4 is 44.3 Å². The number of hydrogen-bond acceptors (Lipinski definition) is 2. The summed E-state index contributed by atoms with van der Waals surface area (Å²) >= 11 is 7.27. The Hall–Kier alpha value is -1.33. The zero-order valence-electron chi connectivity index (χ0n) is 15.0. The molecule has 0 amide bonds. The molecule has 0 saturated carbocycles. The van der Waals surface area contributed by atoms with Crippen LogP contribution in [0.5, 0.6) is 5.75 Å². The fourth-order valence-corrected chi connectivity index (χ4v) is 4.15. The van der Waals surface area contributed by atoms with Gasteiger partial charge < -0.3 is 10.1 Å². The van der Waals surface area contributed by atoms with Gasteiger partial charge in [-0.25, -0.2) is 0 Å². The third-order valence-corrected chi connectivity index (χ3v) is 5.24. The fourth-order valence-electron chi connectivity index (χ4n) is 2.64. The number of hydrogen-bond donors (Lipinski definition) is 1. The van der Waals surface area contributed by atoms with Crippen LogP contribution in [0.2, 0.25) is 0 Å². The van der Waals surface area contributed by atoms with E-state index in [0.29, 0.717) is 6.61 Å². The molecule has 27 heavy (non-hydrogen) atoms. The van der Waals surface area contributed by atoms with Crippen LogP contribution in [0.1, 0.15) is 22.3 Å². The van der Waals surface area contributed by atoms with Crippen molar-refractivity contribution in [3.63, 3.8) is 0 Å². The molecule has 2 nitrogen and oxygen atoms in total. The molecule has 0 fully saturated rings. The van der Waals surface area contributed by atoms with E-state index in [0.717, 1.165) is 33.3 Å². The Morgan fingerprint density at radius 1 is 0.778 bits per heavy atom. The van der Waals surface area contributed by atoms with Gasteiger partial charge in [-0.1, -0.05) is 60.2 Å². The first kappa shape index (κ1) is 22.0. The number of ether oxygens (including phenoxy) is 1. The van der Waals surface area contributed by atoms with E-state index in [9.17, 15) is 0 Å². The monoisotopic (exact) mass is 509 g/mol. The largest absolute Gasteiger partial charge is 0.487 e. The number of aryl methyl sites for hydroxylation is 1. The molecule has 0 radical (unpaired) electrons. The van der Waals surface area contributed by atoms with E-state index < -0.39 is 0 Å². The van der Waals surface area contributed by atoms with Crippen LogP contribution < -0.4 is 10.1 Å². The molecule has 3 aromatic rings. The summed E-state index contributed by atoms with van der Waals surface area (Å²) in [5, 5.41) is 3.49. The van der Waals surface area contributed by atoms with Crippen molar-refractivity contribution < 1.29 is 4.74 Å². The van der Waals surface area contributed by atoms with Crippen molar-refractivity contribution in [3.05, 3.63) is 97.9 Å². The van der Waals surface area contributed by atoms with Crippen molar-refractivity contribution in [1.29, 1.82) is 0 Å². The molecule has 142 valence electrons. The molecule has 0 saturated heterocycles. The molecule has 0 heterocycles. The Morgan fingerprint density at radius 3 is 2.00 bits per heavy atom. The molecule has 0 aliphatic rings. The number of benzene rings is 3. The molecular formula is C22H22Br2ClNO. The minimum Gasteiger partial charge on any atom is -0.487 e. The van der Waals surface area contributed by atoms with Gasteiger partial charge >= 0.3 is 0 Å². The highest BCUT2D eigenvalue weighted by molar-refractivity contribution is 9.11. The highest BCUT2D eigenvalue weighted by atomic mass is 79.9. The molecular weight excluding hydrogens is 490 g/mol. The zero-order chi connectivity index (χ0) is 18.4. The highest BCUT2D eigenvalue weighted by Gasteiger charge is 2.09. The van der Waals surface area contributed by atoms with Gasteiger partial charge in [0.05, 0.1) is 8.95 Å². The summed E-state index contributed by atoms with van der Waals surface area (Å²) in [4.78, 5) is 0. The number of halogens is 3. The Labute approximate surface area is 184 Å². The van der Waals surface area contributed by atoms with Crippen LogP contribution in [-0.4, -0.2) is 0 Å². The summed E-state index contributed by atoms with van der Waals surface area (Å²) in [6, 6.07) is 23.0. The molecule has 0 aliphatic heterocycles. The second-order valence-corrected chi connectivity index (χ2v) is 7.96. The quantitative estimate of drug-likeness (QED) is 0.376. The van der Waals surface area contributed by atoms with E-state index in [1.165, 1.54) is 16.7 Å². The molecule has 1 N–H and O–H groups in total. The van der Waals surface area contributed by atoms with Gasteiger partial charge in [-0.15, -0.1) is 12.4 Å². The summed E-state index contributed by atoms with van der Waals surface area (Å²) in [5.41, 5.74) is 4.92. The molecule has 5 heteroatoms. The van der Waals surface area contributed by atoms with E-state index in [1.54, 1.807) is 0 Å². The first-order chi connectivity index (χ1) is 12.6. The topological polar surface area (TPSA) is 21.3 Å². The Bertz CT molecular complexity index is 831. The van der Waals surface area contributed by atoms with E-state index in [-0.39, 0.29) is 12.4 Å². The summed E-state index contributed by atoms with van der Waals surface area (Å²) in [6.45, 7) is 4.29. The summed E-state index contributed by atoms with van der Waals surface area (Å²) in [7, 11) is 0. The van der Waals surface area contributed by atoms with Gasteiger partial charge in [0.2, 0.25) is 0 Å². The van der Waals surface area contributed by atoms with Crippen LogP contribution in [0.25, 0.3) is 0 Å². The third-order valence-electron chi connectivity index (χ3n) is 4.06. The van der Waals surface area contributed by atoms with Gasteiger partial charge in [-0.3, -0.25) is 0 Å². The van der Waals surface area contributed by atoms with E-state index in [4.69, 9.17) is 4.74 Å². The van der Waals surface area contributed by atoms with Gasteiger partial charge in [-0.2, -0.15) is 0 Å². The standard InChI is InChI=1S/C22H21Br2NO.ClH/c1-16-7-9-17(10-8-16)13-25-14-19-11-20(23)22(21(24)12-19)26-15-18-5-3-2-4-6-18;/h2-12,25H,13-15H2,1H3;1H. The average Bonchev–Trinajstić information content (AvgIpc) is 2.63. The third kappa shape index (κ3) is 6.65. The Morgan fingerprint density at radius 2 is 1.37 bits per heavy atom. The van der Waals surface area contributed by atoms with Gasteiger partial charge in [0, 0.05) is 13.1 Å². The van der Waals surface area contributed by atoms with Crippen molar-refractivity contribution in [2.24, 2.45) is 0 Å². The summed E-state index contributed by atoms with van der Waals surface area (Å²) < 4.78 is 7.89. The molecule has 0 aromatic heterocycles. The van der Waals surface area contributed by atoms with Crippen molar-refractivity contribution in [3.8, 4) is 5.75 Å². The Kier molecular flexibility index (Phi) is 8.84. The first-order valence-electron chi connectivity index (χ1n) is 8.53. The second kappa shape index (κ2) is 10.9. The van der Waals surface area contributed by atoms with Gasteiger partial charge in [0.15, 0.2) is 0 Å². The van der Waals surface area contributed by atoms with E-state index >= 15 is 0 Å². The lowest BCUT2D eigenvalue weighted by molar-refractivity contribution is 0.302. The molecule has 0 aliphatic carbocycles. The fraction of sp³-hybridized carbons (Fsp3) is 0.182. The molecule has 0 spiro atoms. The number of rotatable bonds is 7. The SMILES string of the molecule is Cc1ccc(CNCc2cc(Br)c(OCc3ccccc3)c(Br)c2)cc1.Cl. The normalized spacial score (nSPS) is 10.3. The Balaban J connectivity index is 0.00000261. The smallest absolute Gasteiger partial charge is 0.148 e. The van der Waals surface area contributed by atoms with E-state index in [2.05, 4.69) is 92.6 Å². The van der Waals surface area contributed by atoms with Gasteiger partial charge in [-0.05, 0) is 67.6 Å². The van der Waals surface area contributed by atoms with Crippen molar-refractivity contribution in [2.75, 3.05) is 0 Å². The van der Waals surface area contributed by atoms with Crippen LogP contribution >= 0.6 is 44.3 Å². The maximum atomic E-state index is 5.98. The predicted molar refractivity (Wildman–Crippen MR) is 122 cm³/mol. The molecule has 0 unspecified atom stereocenters. The molecule has 0 bridgehead atoms. The second-order valence-electron chi connectivity index (χ2n) is 6.25. The summed E-state index contributed by atoms with van der Waals surface area (Å²) in [5.74, 6) is 0.830. The minimum atomic E-state index is 0. The predicted octanol–water partition coefficient (Wildman–Crippen LogP) is 6.81. The molecule has 3 aromatic carbocycles. The van der Waals surface area contributed by atoms with Crippen LogP contribution in [0, 0.1) is 6.92 Å². The van der Waals surface area contributed by atoms with E-state index in [1.807, 2.05) is 18.2 Å². The van der Waals surface area contributed by atoms with Gasteiger partial charge in [0.1, 0.15) is 12.4 Å². The lowest BCUT2D eigenvalue weighted by Gasteiger charge is -2.13. The minimum absolute atomic E-state index is 0. The number of nitrogens with one attached hydrogen (secondary N) is 1. The van der Waals surface area contributed by atoms with Crippen LogP contribution in [-0.2, 0) is 19.7 Å².